The van der Waals surface area contributed by atoms with Gasteiger partial charge in [-0.15, -0.1) is 0 Å². The Morgan fingerprint density at radius 1 is 1.21 bits per heavy atom. The van der Waals surface area contributed by atoms with Crippen molar-refractivity contribution in [3.63, 3.8) is 0 Å². The molecule has 0 aromatic rings. The molecule has 1 amide bonds. The van der Waals surface area contributed by atoms with E-state index in [0.29, 0.717) is 19.1 Å². The first kappa shape index (κ1) is 19.0. The Balaban J connectivity index is 1.74. The molecule has 2 fully saturated rings. The van der Waals surface area contributed by atoms with Crippen molar-refractivity contribution in [2.45, 2.75) is 65.0 Å². The lowest BCUT2D eigenvalue weighted by Gasteiger charge is -2.24. The summed E-state index contributed by atoms with van der Waals surface area (Å²) in [6.45, 7) is 10.3. The van der Waals surface area contributed by atoms with Crippen LogP contribution < -0.4 is 16.0 Å². The molecule has 2 rings (SSSR count). The first-order valence-corrected chi connectivity index (χ1v) is 9.66. The Morgan fingerprint density at radius 2 is 1.96 bits per heavy atom. The van der Waals surface area contributed by atoms with Gasteiger partial charge in [-0.25, -0.2) is 0 Å². The third-order valence-electron chi connectivity index (χ3n) is 4.95. The van der Waals surface area contributed by atoms with Gasteiger partial charge in [-0.05, 0) is 26.2 Å². The molecule has 2 aliphatic rings. The summed E-state index contributed by atoms with van der Waals surface area (Å²) in [5.41, 5.74) is 0. The van der Waals surface area contributed by atoms with E-state index in [2.05, 4.69) is 32.8 Å². The van der Waals surface area contributed by atoms with Crippen molar-refractivity contribution < 1.29 is 4.79 Å². The van der Waals surface area contributed by atoms with E-state index in [9.17, 15) is 4.79 Å². The van der Waals surface area contributed by atoms with Crippen LogP contribution in [-0.4, -0.2) is 61.6 Å². The van der Waals surface area contributed by atoms with Gasteiger partial charge in [0.05, 0.1) is 6.54 Å². The van der Waals surface area contributed by atoms with E-state index in [1.165, 1.54) is 38.6 Å². The number of aliphatic imine (C=N–C) groups is 1. The summed E-state index contributed by atoms with van der Waals surface area (Å²) in [6.07, 6.45) is 6.72. The van der Waals surface area contributed by atoms with Gasteiger partial charge in [0.2, 0.25) is 5.91 Å². The van der Waals surface area contributed by atoms with Crippen LogP contribution in [0.25, 0.3) is 0 Å². The molecule has 24 heavy (non-hydrogen) atoms. The van der Waals surface area contributed by atoms with Crippen molar-refractivity contribution in [2.24, 2.45) is 10.9 Å². The van der Waals surface area contributed by atoms with Crippen LogP contribution in [-0.2, 0) is 4.79 Å². The van der Waals surface area contributed by atoms with Gasteiger partial charge in [-0.2, -0.15) is 0 Å². The number of likely N-dealkylation sites (tertiary alicyclic amines) is 1. The summed E-state index contributed by atoms with van der Waals surface area (Å²) < 4.78 is 0. The van der Waals surface area contributed by atoms with Gasteiger partial charge >= 0.3 is 0 Å². The molecular formula is C18H35N5O. The number of carbonyl (C=O) groups is 1. The molecule has 6 nitrogen and oxygen atoms in total. The lowest BCUT2D eigenvalue weighted by atomic mass is 10.2. The van der Waals surface area contributed by atoms with E-state index in [4.69, 9.17) is 0 Å². The summed E-state index contributed by atoms with van der Waals surface area (Å²) in [5, 5.41) is 9.79. The van der Waals surface area contributed by atoms with Crippen LogP contribution in [0, 0.1) is 5.92 Å². The van der Waals surface area contributed by atoms with E-state index in [0.717, 1.165) is 25.1 Å². The van der Waals surface area contributed by atoms with Crippen LogP contribution in [0.5, 0.6) is 0 Å². The minimum atomic E-state index is 0.0281. The quantitative estimate of drug-likeness (QED) is 0.372. The van der Waals surface area contributed by atoms with E-state index >= 15 is 0 Å². The van der Waals surface area contributed by atoms with Gasteiger partial charge in [0.15, 0.2) is 5.96 Å². The number of nitrogens with one attached hydrogen (secondary N) is 3. The lowest BCUT2D eigenvalue weighted by molar-refractivity contribution is -0.123. The predicted octanol–water partition coefficient (Wildman–Crippen LogP) is 1.33. The van der Waals surface area contributed by atoms with Crippen LogP contribution >= 0.6 is 0 Å². The number of rotatable bonds is 7. The van der Waals surface area contributed by atoms with Crippen molar-refractivity contribution in [1.29, 1.82) is 0 Å². The average Bonchev–Trinajstić information content (AvgIpc) is 3.22. The van der Waals surface area contributed by atoms with E-state index in [1.807, 2.05) is 13.8 Å². The molecule has 0 aromatic carbocycles. The van der Waals surface area contributed by atoms with Crippen LogP contribution in [0.2, 0.25) is 0 Å². The maximum atomic E-state index is 11.6. The van der Waals surface area contributed by atoms with E-state index in [1.54, 1.807) is 0 Å². The molecule has 0 aromatic heterocycles. The zero-order valence-electron chi connectivity index (χ0n) is 15.6. The molecule has 1 aliphatic carbocycles. The first-order chi connectivity index (χ1) is 11.6. The van der Waals surface area contributed by atoms with Crippen LogP contribution in [0.1, 0.15) is 52.9 Å². The van der Waals surface area contributed by atoms with Gasteiger partial charge in [0.25, 0.3) is 0 Å². The van der Waals surface area contributed by atoms with Crippen molar-refractivity contribution in [1.82, 2.24) is 20.9 Å². The van der Waals surface area contributed by atoms with Crippen molar-refractivity contribution in [3.05, 3.63) is 0 Å². The average molecular weight is 338 g/mol. The predicted molar refractivity (Wildman–Crippen MR) is 99.2 cm³/mol. The maximum absolute atomic E-state index is 11.6. The highest BCUT2D eigenvalue weighted by molar-refractivity contribution is 5.80. The zero-order valence-corrected chi connectivity index (χ0v) is 15.6. The third kappa shape index (κ3) is 5.96. The standard InChI is InChI=1S/C18H35N5O/c1-4-19-18(21-11-10-20-17(24)14(2)3)22-15-9-12-23(13-15)16-7-5-6-8-16/h14-16H,4-13H2,1-3H3,(H,20,24)(H2,19,21,22). The van der Waals surface area contributed by atoms with Gasteiger partial charge in [-0.1, -0.05) is 26.7 Å². The summed E-state index contributed by atoms with van der Waals surface area (Å²) in [6, 6.07) is 1.29. The molecule has 0 radical (unpaired) electrons. The fraction of sp³-hybridized carbons (Fsp3) is 0.889. The van der Waals surface area contributed by atoms with Crippen LogP contribution in [0.4, 0.5) is 0 Å². The highest BCUT2D eigenvalue weighted by Gasteiger charge is 2.30. The first-order valence-electron chi connectivity index (χ1n) is 9.66. The number of carbonyl (C=O) groups excluding carboxylic acids is 1. The molecule has 1 saturated heterocycles. The molecule has 1 aliphatic heterocycles. The number of hydrogen-bond donors (Lipinski definition) is 3. The number of nitrogens with zero attached hydrogens (tertiary/aromatic N) is 2. The molecule has 1 atom stereocenters. The highest BCUT2D eigenvalue weighted by atomic mass is 16.1. The smallest absolute Gasteiger partial charge is 0.222 e. The molecule has 3 N–H and O–H groups in total. The summed E-state index contributed by atoms with van der Waals surface area (Å²) >= 11 is 0. The molecule has 0 spiro atoms. The van der Waals surface area contributed by atoms with E-state index < -0.39 is 0 Å². The Kier molecular flexibility index (Phi) is 7.82. The normalized spacial score (nSPS) is 23.0. The monoisotopic (exact) mass is 337 g/mol. The number of amides is 1. The molecular weight excluding hydrogens is 302 g/mol. The number of guanidine groups is 1. The zero-order chi connectivity index (χ0) is 17.4. The fourth-order valence-corrected chi connectivity index (χ4v) is 3.57. The maximum Gasteiger partial charge on any atom is 0.222 e. The molecule has 1 heterocycles. The molecule has 1 unspecified atom stereocenters. The minimum absolute atomic E-state index is 0.0281. The second-order valence-electron chi connectivity index (χ2n) is 7.27. The largest absolute Gasteiger partial charge is 0.357 e. The SMILES string of the molecule is CCNC(=NCCNC(=O)C(C)C)NC1CCN(C2CCCC2)C1. The van der Waals surface area contributed by atoms with Crippen molar-refractivity contribution in [3.8, 4) is 0 Å². The lowest BCUT2D eigenvalue weighted by Crippen LogP contribution is -2.45. The highest BCUT2D eigenvalue weighted by Crippen LogP contribution is 2.26. The molecule has 1 saturated carbocycles. The van der Waals surface area contributed by atoms with E-state index in [-0.39, 0.29) is 11.8 Å². The Labute approximate surface area is 146 Å². The van der Waals surface area contributed by atoms with Gasteiger partial charge in [0.1, 0.15) is 0 Å². The Hall–Kier alpha value is -1.30. The summed E-state index contributed by atoms with van der Waals surface area (Å²) in [4.78, 5) is 18.8. The Bertz CT molecular complexity index is 418. The summed E-state index contributed by atoms with van der Waals surface area (Å²) in [7, 11) is 0. The fourth-order valence-electron chi connectivity index (χ4n) is 3.57. The summed E-state index contributed by atoms with van der Waals surface area (Å²) in [5.74, 6) is 0.987. The topological polar surface area (TPSA) is 68.8 Å². The number of hydrogen-bond acceptors (Lipinski definition) is 3. The van der Waals surface area contributed by atoms with Crippen LogP contribution in [0.15, 0.2) is 4.99 Å². The van der Waals surface area contributed by atoms with Crippen molar-refractivity contribution >= 4 is 11.9 Å². The molecule has 138 valence electrons. The molecule has 0 bridgehead atoms. The van der Waals surface area contributed by atoms with Crippen molar-refractivity contribution in [2.75, 3.05) is 32.7 Å². The van der Waals surface area contributed by atoms with Gasteiger partial charge in [-0.3, -0.25) is 14.7 Å². The third-order valence-corrected chi connectivity index (χ3v) is 4.95. The second-order valence-corrected chi connectivity index (χ2v) is 7.27. The second kappa shape index (κ2) is 9.87. The minimum Gasteiger partial charge on any atom is -0.357 e. The Morgan fingerprint density at radius 3 is 2.62 bits per heavy atom. The molecule has 6 heteroatoms. The van der Waals surface area contributed by atoms with Gasteiger partial charge < -0.3 is 16.0 Å². The van der Waals surface area contributed by atoms with Crippen LogP contribution in [0.3, 0.4) is 0 Å². The van der Waals surface area contributed by atoms with Gasteiger partial charge in [0, 0.05) is 44.2 Å².